The van der Waals surface area contributed by atoms with Gasteiger partial charge in [0.25, 0.3) is 0 Å². The molecule has 0 saturated carbocycles. The average Bonchev–Trinajstić information content (AvgIpc) is 2.88. The average molecular weight is 563 g/mol. The van der Waals surface area contributed by atoms with E-state index in [-0.39, 0.29) is 0 Å². The second-order valence-corrected chi connectivity index (χ2v) is 16.7. The molecule has 0 aromatic rings. The summed E-state index contributed by atoms with van der Waals surface area (Å²) >= 11 is 0. The molecule has 0 aromatic heterocycles. The fourth-order valence-corrected chi connectivity index (χ4v) is 11.5. The van der Waals surface area contributed by atoms with Gasteiger partial charge in [0.15, 0.2) is 0 Å². The van der Waals surface area contributed by atoms with Crippen molar-refractivity contribution in [2.24, 2.45) is 0 Å². The summed E-state index contributed by atoms with van der Waals surface area (Å²) in [6, 6.07) is 1.03. The smallest absolute Gasteiger partial charge is 0.394 e. The first-order valence-electron chi connectivity index (χ1n) is 14.0. The topological polar surface area (TPSA) is 55.9 Å². The number of hydrogen-bond acceptors (Lipinski definition) is 8. The SMILES string of the molecule is CCO[Si](CCCN(C)C[Si]C(CCCCCCCN1CCN(C)CC1)[Si](OC)(OC)OC)OCC. The number of piperazine rings is 1. The summed E-state index contributed by atoms with van der Waals surface area (Å²) in [5.74, 6) is 0. The van der Waals surface area contributed by atoms with Crippen LogP contribution in [0.4, 0.5) is 0 Å². The third-order valence-electron chi connectivity index (χ3n) is 6.98. The van der Waals surface area contributed by atoms with Crippen LogP contribution in [0.5, 0.6) is 0 Å². The zero-order valence-corrected chi connectivity index (χ0v) is 27.5. The van der Waals surface area contributed by atoms with Gasteiger partial charge in [-0.1, -0.05) is 25.7 Å². The third-order valence-corrected chi connectivity index (χ3v) is 15.0. The molecule has 1 saturated heterocycles. The fraction of sp³-hybridized carbons (Fsp3) is 1.00. The molecule has 0 amide bonds. The minimum absolute atomic E-state index is 0.358. The van der Waals surface area contributed by atoms with Crippen molar-refractivity contribution in [1.82, 2.24) is 14.7 Å². The van der Waals surface area contributed by atoms with Gasteiger partial charge in [0, 0.05) is 65.9 Å². The molecule has 1 heterocycles. The van der Waals surface area contributed by atoms with Crippen LogP contribution in [0.2, 0.25) is 11.2 Å². The third kappa shape index (κ3) is 13.9. The van der Waals surface area contributed by atoms with E-state index in [4.69, 9.17) is 22.1 Å². The highest BCUT2D eigenvalue weighted by atomic mass is 28.4. The summed E-state index contributed by atoms with van der Waals surface area (Å²) in [4.78, 5) is 7.48. The maximum Gasteiger partial charge on any atom is 0.500 e. The molecule has 0 aromatic carbocycles. The highest BCUT2D eigenvalue weighted by Gasteiger charge is 2.46. The molecule has 0 aliphatic carbocycles. The number of nitrogens with zero attached hydrogens (tertiary/aromatic N) is 3. The minimum Gasteiger partial charge on any atom is -0.394 e. The molecule has 36 heavy (non-hydrogen) atoms. The van der Waals surface area contributed by atoms with Gasteiger partial charge in [-0.05, 0) is 72.5 Å². The Morgan fingerprint density at radius 3 is 2.03 bits per heavy atom. The van der Waals surface area contributed by atoms with Crippen LogP contribution in [0.25, 0.3) is 0 Å². The Bertz CT molecular complexity index is 501. The van der Waals surface area contributed by atoms with Crippen molar-refractivity contribution in [2.75, 3.05) is 94.1 Å². The standard InChI is InChI=1S/C25H56N3O5Si3/c1-8-32-35(33-9-2)23-15-17-27(4)24-34-25(36(29-5,30-6)31-7)16-13-11-10-12-14-18-28-21-19-26(3)20-22-28/h25H,8-24H2,1-7H3. The molecule has 11 heteroatoms. The lowest BCUT2D eigenvalue weighted by molar-refractivity contribution is 0.118. The molecule has 213 valence electrons. The molecule has 0 N–H and O–H groups in total. The molecule has 1 fully saturated rings. The van der Waals surface area contributed by atoms with Crippen LogP contribution in [-0.4, -0.2) is 136 Å². The van der Waals surface area contributed by atoms with Crippen molar-refractivity contribution >= 4 is 27.6 Å². The molecule has 1 atom stereocenters. The van der Waals surface area contributed by atoms with Gasteiger partial charge in [0.1, 0.15) is 0 Å². The van der Waals surface area contributed by atoms with E-state index in [1.807, 2.05) is 13.8 Å². The Kier molecular flexibility index (Phi) is 20.2. The van der Waals surface area contributed by atoms with Crippen molar-refractivity contribution in [2.45, 2.75) is 70.0 Å². The molecule has 0 bridgehead atoms. The highest BCUT2D eigenvalue weighted by molar-refractivity contribution is 6.73. The van der Waals surface area contributed by atoms with Gasteiger partial charge in [0.05, 0.1) is 9.52 Å². The molecule has 8 nitrogen and oxygen atoms in total. The van der Waals surface area contributed by atoms with Crippen LogP contribution in [0, 0.1) is 0 Å². The zero-order chi connectivity index (χ0) is 26.7. The molecule has 1 aliphatic heterocycles. The number of hydrogen-bond donors (Lipinski definition) is 0. The van der Waals surface area contributed by atoms with Gasteiger partial charge in [0.2, 0.25) is 0 Å². The van der Waals surface area contributed by atoms with Gasteiger partial charge in [-0.2, -0.15) is 0 Å². The van der Waals surface area contributed by atoms with Gasteiger partial charge in [-0.15, -0.1) is 0 Å². The highest BCUT2D eigenvalue weighted by Crippen LogP contribution is 2.29. The summed E-state index contributed by atoms with van der Waals surface area (Å²) in [5.41, 5.74) is 0. The molecule has 0 spiro atoms. The number of unbranched alkanes of at least 4 members (excludes halogenated alkanes) is 4. The van der Waals surface area contributed by atoms with Crippen LogP contribution in [-0.2, 0) is 22.1 Å². The number of likely N-dealkylation sites (N-methyl/N-ethyl adjacent to an activating group) is 1. The van der Waals surface area contributed by atoms with Crippen molar-refractivity contribution in [3.05, 3.63) is 0 Å². The molecule has 1 aliphatic rings. The lowest BCUT2D eigenvalue weighted by Crippen LogP contribution is -2.51. The second-order valence-electron chi connectivity index (χ2n) is 9.75. The van der Waals surface area contributed by atoms with E-state index in [0.29, 0.717) is 5.16 Å². The van der Waals surface area contributed by atoms with Crippen molar-refractivity contribution < 1.29 is 22.1 Å². The van der Waals surface area contributed by atoms with E-state index < -0.39 is 18.1 Å². The van der Waals surface area contributed by atoms with Crippen molar-refractivity contribution in [1.29, 1.82) is 0 Å². The van der Waals surface area contributed by atoms with Gasteiger partial charge in [-0.25, -0.2) is 0 Å². The monoisotopic (exact) mass is 562 g/mol. The summed E-state index contributed by atoms with van der Waals surface area (Å²) in [7, 11) is 6.68. The van der Waals surface area contributed by atoms with Crippen LogP contribution in [0.3, 0.4) is 0 Å². The van der Waals surface area contributed by atoms with E-state index >= 15 is 0 Å². The van der Waals surface area contributed by atoms with Gasteiger partial charge < -0.3 is 36.8 Å². The van der Waals surface area contributed by atoms with Crippen molar-refractivity contribution in [3.63, 3.8) is 0 Å². The van der Waals surface area contributed by atoms with Crippen LogP contribution < -0.4 is 0 Å². The van der Waals surface area contributed by atoms with E-state index in [1.54, 1.807) is 21.3 Å². The molecule has 1 rings (SSSR count). The van der Waals surface area contributed by atoms with Crippen LogP contribution in [0.15, 0.2) is 0 Å². The summed E-state index contributed by atoms with van der Waals surface area (Å²) in [6.07, 6.45) is 9.73. The predicted octanol–water partition coefficient (Wildman–Crippen LogP) is 3.33. The largest absolute Gasteiger partial charge is 0.500 e. The molecular weight excluding hydrogens is 507 g/mol. The van der Waals surface area contributed by atoms with Crippen molar-refractivity contribution in [3.8, 4) is 0 Å². The molecule has 1 unspecified atom stereocenters. The first-order valence-corrected chi connectivity index (χ1v) is 18.6. The lowest BCUT2D eigenvalue weighted by atomic mass is 10.1. The second kappa shape index (κ2) is 21.2. The van der Waals surface area contributed by atoms with E-state index in [9.17, 15) is 0 Å². The number of rotatable bonds is 23. The quantitative estimate of drug-likeness (QED) is 0.139. The first kappa shape index (κ1) is 34.4. The first-order chi connectivity index (χ1) is 17.4. The van der Waals surface area contributed by atoms with E-state index in [0.717, 1.165) is 54.3 Å². The van der Waals surface area contributed by atoms with Gasteiger partial charge >= 0.3 is 18.1 Å². The van der Waals surface area contributed by atoms with E-state index in [1.165, 1.54) is 64.8 Å². The van der Waals surface area contributed by atoms with E-state index in [2.05, 4.69) is 28.8 Å². The Labute approximate surface area is 228 Å². The normalized spacial score (nSPS) is 16.9. The summed E-state index contributed by atoms with van der Waals surface area (Å²) in [6.45, 7) is 12.8. The lowest BCUT2D eigenvalue weighted by Gasteiger charge is -2.33. The molecular formula is C25H56N3O5Si3. The molecule has 3 radical (unpaired) electrons. The minimum atomic E-state index is -2.65. The Morgan fingerprint density at radius 1 is 0.861 bits per heavy atom. The van der Waals surface area contributed by atoms with Gasteiger partial charge in [-0.3, -0.25) is 0 Å². The summed E-state index contributed by atoms with van der Waals surface area (Å²) < 4.78 is 29.3. The fourth-order valence-electron chi connectivity index (χ4n) is 4.71. The Hall–Kier alpha value is 0.331. The van der Waals surface area contributed by atoms with Crippen LogP contribution in [0.1, 0.15) is 58.8 Å². The zero-order valence-electron chi connectivity index (χ0n) is 24.5. The van der Waals surface area contributed by atoms with Crippen LogP contribution >= 0.6 is 0 Å². The Morgan fingerprint density at radius 2 is 1.44 bits per heavy atom. The maximum absolute atomic E-state index is 5.91. The summed E-state index contributed by atoms with van der Waals surface area (Å²) in [5, 5.41) is 0.358. The Balaban J connectivity index is 2.36. The predicted molar refractivity (Wildman–Crippen MR) is 154 cm³/mol. The maximum atomic E-state index is 5.91.